The van der Waals surface area contributed by atoms with Gasteiger partial charge in [0.15, 0.2) is 0 Å². The van der Waals surface area contributed by atoms with E-state index in [1.165, 1.54) is 5.56 Å². The van der Waals surface area contributed by atoms with E-state index in [9.17, 15) is 0 Å². The van der Waals surface area contributed by atoms with Crippen molar-refractivity contribution in [2.45, 2.75) is 32.7 Å². The Labute approximate surface area is 92.4 Å². The zero-order chi connectivity index (χ0) is 11.3. The normalized spacial score (nSPS) is 14.7. The topological polar surface area (TPSA) is 35.2 Å². The molecule has 0 aliphatic heterocycles. The second-order valence-corrected chi connectivity index (χ2v) is 4.04. The largest absolute Gasteiger partial charge is 0.496 e. The van der Waals surface area contributed by atoms with E-state index in [1.807, 2.05) is 18.2 Å². The van der Waals surface area contributed by atoms with Crippen LogP contribution in [0.1, 0.15) is 25.8 Å². The highest BCUT2D eigenvalue weighted by Crippen LogP contribution is 2.23. The number of methoxy groups -OCH3 is 1. The predicted molar refractivity (Wildman–Crippen MR) is 64.1 cm³/mol. The standard InChI is InChI=1S/C13H21NO/c1-4-11(10(2)14)9-12-7-5-6-8-13(12)15-3/h5-8,10-11H,4,9,14H2,1-3H3. The third-order valence-electron chi connectivity index (χ3n) is 2.94. The van der Waals surface area contributed by atoms with E-state index < -0.39 is 0 Å². The Balaban J connectivity index is 2.78. The smallest absolute Gasteiger partial charge is 0.122 e. The first-order valence-electron chi connectivity index (χ1n) is 5.56. The number of rotatable bonds is 5. The fraction of sp³-hybridized carbons (Fsp3) is 0.538. The van der Waals surface area contributed by atoms with Crippen LogP contribution < -0.4 is 10.5 Å². The number of hydrogen-bond acceptors (Lipinski definition) is 2. The van der Waals surface area contributed by atoms with Crippen LogP contribution in [0.25, 0.3) is 0 Å². The average Bonchev–Trinajstić information content (AvgIpc) is 2.25. The van der Waals surface area contributed by atoms with Crippen molar-refractivity contribution in [2.24, 2.45) is 11.7 Å². The molecule has 0 amide bonds. The summed E-state index contributed by atoms with van der Waals surface area (Å²) in [5.41, 5.74) is 7.20. The van der Waals surface area contributed by atoms with Gasteiger partial charge in [-0.3, -0.25) is 0 Å². The molecule has 0 radical (unpaired) electrons. The zero-order valence-electron chi connectivity index (χ0n) is 9.86. The molecule has 0 bridgehead atoms. The minimum atomic E-state index is 0.236. The Morgan fingerprint density at radius 1 is 1.33 bits per heavy atom. The number of para-hydroxylation sites is 1. The van der Waals surface area contributed by atoms with E-state index in [0.717, 1.165) is 18.6 Å². The van der Waals surface area contributed by atoms with Crippen LogP contribution in [-0.4, -0.2) is 13.2 Å². The van der Waals surface area contributed by atoms with Crippen LogP contribution >= 0.6 is 0 Å². The molecule has 0 aliphatic carbocycles. The average molecular weight is 207 g/mol. The molecule has 1 aromatic carbocycles. The van der Waals surface area contributed by atoms with E-state index in [4.69, 9.17) is 10.5 Å². The highest BCUT2D eigenvalue weighted by molar-refractivity contribution is 5.33. The van der Waals surface area contributed by atoms with E-state index in [2.05, 4.69) is 19.9 Å². The van der Waals surface area contributed by atoms with Crippen LogP contribution in [0, 0.1) is 5.92 Å². The highest BCUT2D eigenvalue weighted by Gasteiger charge is 2.14. The maximum Gasteiger partial charge on any atom is 0.122 e. The molecule has 2 nitrogen and oxygen atoms in total. The van der Waals surface area contributed by atoms with E-state index in [-0.39, 0.29) is 6.04 Å². The van der Waals surface area contributed by atoms with Gasteiger partial charge in [0, 0.05) is 6.04 Å². The van der Waals surface area contributed by atoms with E-state index >= 15 is 0 Å². The summed E-state index contributed by atoms with van der Waals surface area (Å²) in [5.74, 6) is 1.50. The molecule has 15 heavy (non-hydrogen) atoms. The van der Waals surface area contributed by atoms with Crippen molar-refractivity contribution < 1.29 is 4.74 Å². The lowest BCUT2D eigenvalue weighted by Gasteiger charge is -2.20. The van der Waals surface area contributed by atoms with Crippen LogP contribution in [0.15, 0.2) is 24.3 Å². The van der Waals surface area contributed by atoms with Crippen molar-refractivity contribution in [3.05, 3.63) is 29.8 Å². The van der Waals surface area contributed by atoms with Crippen LogP contribution in [0.2, 0.25) is 0 Å². The van der Waals surface area contributed by atoms with Crippen LogP contribution in [-0.2, 0) is 6.42 Å². The number of ether oxygens (including phenoxy) is 1. The zero-order valence-corrected chi connectivity index (χ0v) is 9.86. The van der Waals surface area contributed by atoms with Gasteiger partial charge in [0.25, 0.3) is 0 Å². The fourth-order valence-electron chi connectivity index (χ4n) is 1.86. The second kappa shape index (κ2) is 5.76. The van der Waals surface area contributed by atoms with Crippen LogP contribution in [0.4, 0.5) is 0 Å². The maximum atomic E-state index is 5.95. The summed E-state index contributed by atoms with van der Waals surface area (Å²) in [6.07, 6.45) is 2.11. The van der Waals surface area contributed by atoms with Crippen molar-refractivity contribution in [3.63, 3.8) is 0 Å². The number of hydrogen-bond donors (Lipinski definition) is 1. The Hall–Kier alpha value is -1.02. The molecule has 2 atom stereocenters. The molecule has 2 unspecified atom stereocenters. The molecule has 2 heteroatoms. The maximum absolute atomic E-state index is 5.95. The number of nitrogens with two attached hydrogens (primary N) is 1. The molecule has 0 heterocycles. The molecule has 0 saturated heterocycles. The summed E-state index contributed by atoms with van der Waals surface area (Å²) >= 11 is 0. The van der Waals surface area contributed by atoms with Gasteiger partial charge in [0.05, 0.1) is 7.11 Å². The third kappa shape index (κ3) is 3.24. The van der Waals surface area contributed by atoms with Crippen LogP contribution in [0.3, 0.4) is 0 Å². The molecule has 2 N–H and O–H groups in total. The van der Waals surface area contributed by atoms with Gasteiger partial charge in [-0.25, -0.2) is 0 Å². The lowest BCUT2D eigenvalue weighted by atomic mass is 9.91. The van der Waals surface area contributed by atoms with Gasteiger partial charge >= 0.3 is 0 Å². The van der Waals surface area contributed by atoms with Gasteiger partial charge in [-0.2, -0.15) is 0 Å². The Morgan fingerprint density at radius 3 is 2.53 bits per heavy atom. The third-order valence-corrected chi connectivity index (χ3v) is 2.94. The van der Waals surface area contributed by atoms with Crippen LogP contribution in [0.5, 0.6) is 5.75 Å². The summed E-state index contributed by atoms with van der Waals surface area (Å²) in [6, 6.07) is 8.40. The molecular formula is C13H21NO. The number of benzene rings is 1. The van der Waals surface area contributed by atoms with Gasteiger partial charge in [0.2, 0.25) is 0 Å². The SMILES string of the molecule is CCC(Cc1ccccc1OC)C(C)N. The van der Waals surface area contributed by atoms with Gasteiger partial charge in [-0.15, -0.1) is 0 Å². The summed E-state index contributed by atoms with van der Waals surface area (Å²) in [4.78, 5) is 0. The molecule has 0 spiro atoms. The minimum absolute atomic E-state index is 0.236. The lowest BCUT2D eigenvalue weighted by Crippen LogP contribution is -2.27. The van der Waals surface area contributed by atoms with Crippen molar-refractivity contribution in [1.29, 1.82) is 0 Å². The first-order chi connectivity index (χ1) is 7.19. The predicted octanol–water partition coefficient (Wildman–Crippen LogP) is 2.61. The molecule has 1 rings (SSSR count). The van der Waals surface area contributed by atoms with E-state index in [0.29, 0.717) is 5.92 Å². The second-order valence-electron chi connectivity index (χ2n) is 4.04. The quantitative estimate of drug-likeness (QED) is 0.805. The van der Waals surface area contributed by atoms with Crippen molar-refractivity contribution in [2.75, 3.05) is 7.11 Å². The Bertz CT molecular complexity index is 296. The highest BCUT2D eigenvalue weighted by atomic mass is 16.5. The molecule has 0 saturated carbocycles. The molecule has 1 aromatic rings. The van der Waals surface area contributed by atoms with Crippen molar-refractivity contribution in [1.82, 2.24) is 0 Å². The Kier molecular flexibility index (Phi) is 4.63. The van der Waals surface area contributed by atoms with Gasteiger partial charge in [-0.05, 0) is 30.9 Å². The monoisotopic (exact) mass is 207 g/mol. The van der Waals surface area contributed by atoms with Gasteiger partial charge in [0.1, 0.15) is 5.75 Å². The van der Waals surface area contributed by atoms with Crippen molar-refractivity contribution >= 4 is 0 Å². The summed E-state index contributed by atoms with van der Waals surface area (Å²) < 4.78 is 5.33. The summed E-state index contributed by atoms with van der Waals surface area (Å²) in [6.45, 7) is 4.26. The van der Waals surface area contributed by atoms with Gasteiger partial charge < -0.3 is 10.5 Å². The summed E-state index contributed by atoms with van der Waals surface area (Å²) in [5, 5.41) is 0. The minimum Gasteiger partial charge on any atom is -0.496 e. The van der Waals surface area contributed by atoms with Crippen molar-refractivity contribution in [3.8, 4) is 5.75 Å². The lowest BCUT2D eigenvalue weighted by molar-refractivity contribution is 0.390. The molecule has 0 aliphatic rings. The van der Waals surface area contributed by atoms with Gasteiger partial charge in [-0.1, -0.05) is 31.5 Å². The fourth-order valence-corrected chi connectivity index (χ4v) is 1.86. The van der Waals surface area contributed by atoms with E-state index in [1.54, 1.807) is 7.11 Å². The molecular weight excluding hydrogens is 186 g/mol. The molecule has 84 valence electrons. The first-order valence-corrected chi connectivity index (χ1v) is 5.56. The Morgan fingerprint density at radius 2 is 2.00 bits per heavy atom. The molecule has 0 aromatic heterocycles. The molecule has 0 fully saturated rings. The first kappa shape index (κ1) is 12.1. The summed E-state index contributed by atoms with van der Waals surface area (Å²) in [7, 11) is 1.71.